The van der Waals surface area contributed by atoms with E-state index in [1.54, 1.807) is 0 Å². The van der Waals surface area contributed by atoms with Crippen molar-refractivity contribution in [3.8, 4) is 0 Å². The average Bonchev–Trinajstić information content (AvgIpc) is 2.97. The van der Waals surface area contributed by atoms with E-state index in [4.69, 9.17) is 5.73 Å². The van der Waals surface area contributed by atoms with Gasteiger partial charge in [-0.25, -0.2) is 0 Å². The summed E-state index contributed by atoms with van der Waals surface area (Å²) < 4.78 is 1.98. The van der Waals surface area contributed by atoms with Crippen LogP contribution in [-0.2, 0) is 6.42 Å². The number of likely N-dealkylation sites (N-methyl/N-ethyl adjacent to an activating group) is 1. The molecule has 2 heterocycles. The Morgan fingerprint density at radius 2 is 2.14 bits per heavy atom. The monoisotopic (exact) mass is 287 g/mol. The van der Waals surface area contributed by atoms with Crippen molar-refractivity contribution in [2.45, 2.75) is 32.4 Å². The van der Waals surface area contributed by atoms with E-state index < -0.39 is 0 Å². The molecule has 1 atom stereocenters. The summed E-state index contributed by atoms with van der Waals surface area (Å²) >= 11 is 0. The standard InChI is InChI=1S/C16H25N5/c1-13(2)21-12-14(11-19-21)16(10-17)20(3)9-7-15-6-4-5-8-18-15/h4-6,8,11-13,16H,7,9-10,17H2,1-3H3. The van der Waals surface area contributed by atoms with Crippen molar-refractivity contribution in [3.05, 3.63) is 48.0 Å². The van der Waals surface area contributed by atoms with E-state index in [1.165, 1.54) is 5.56 Å². The highest BCUT2D eigenvalue weighted by Gasteiger charge is 2.17. The van der Waals surface area contributed by atoms with Crippen LogP contribution in [0.5, 0.6) is 0 Å². The molecule has 0 aliphatic heterocycles. The molecule has 5 nitrogen and oxygen atoms in total. The van der Waals surface area contributed by atoms with Crippen LogP contribution in [0.1, 0.15) is 37.2 Å². The first-order chi connectivity index (χ1) is 10.1. The summed E-state index contributed by atoms with van der Waals surface area (Å²) in [5.74, 6) is 0. The summed E-state index contributed by atoms with van der Waals surface area (Å²) in [6.45, 7) is 5.76. The Balaban J connectivity index is 1.99. The second-order valence-electron chi connectivity index (χ2n) is 5.65. The Morgan fingerprint density at radius 3 is 2.71 bits per heavy atom. The summed E-state index contributed by atoms with van der Waals surface area (Å²) in [4.78, 5) is 6.64. The van der Waals surface area contributed by atoms with Gasteiger partial charge in [0.25, 0.3) is 0 Å². The molecule has 0 radical (unpaired) electrons. The largest absolute Gasteiger partial charge is 0.329 e. The summed E-state index contributed by atoms with van der Waals surface area (Å²) in [5, 5.41) is 4.41. The lowest BCUT2D eigenvalue weighted by atomic mass is 10.1. The zero-order chi connectivity index (χ0) is 15.2. The fraction of sp³-hybridized carbons (Fsp3) is 0.500. The molecule has 0 spiro atoms. The molecule has 0 bridgehead atoms. The van der Waals surface area contributed by atoms with Crippen LogP contribution in [0, 0.1) is 0 Å². The third kappa shape index (κ3) is 4.12. The van der Waals surface area contributed by atoms with E-state index in [1.807, 2.05) is 29.2 Å². The Labute approximate surface area is 126 Å². The van der Waals surface area contributed by atoms with Crippen molar-refractivity contribution >= 4 is 0 Å². The lowest BCUT2D eigenvalue weighted by Gasteiger charge is -2.26. The normalized spacial score (nSPS) is 13.0. The van der Waals surface area contributed by atoms with Crippen LogP contribution in [0.3, 0.4) is 0 Å². The van der Waals surface area contributed by atoms with E-state index in [-0.39, 0.29) is 6.04 Å². The predicted molar refractivity (Wildman–Crippen MR) is 85.0 cm³/mol. The Bertz CT molecular complexity index is 535. The summed E-state index contributed by atoms with van der Waals surface area (Å²) in [5.41, 5.74) is 8.25. The van der Waals surface area contributed by atoms with Gasteiger partial charge in [0.2, 0.25) is 0 Å². The van der Waals surface area contributed by atoms with E-state index in [9.17, 15) is 0 Å². The summed E-state index contributed by atoms with van der Waals surface area (Å²) in [6, 6.07) is 6.59. The van der Waals surface area contributed by atoms with Crippen LogP contribution in [0.25, 0.3) is 0 Å². The van der Waals surface area contributed by atoms with Gasteiger partial charge in [-0.15, -0.1) is 0 Å². The highest BCUT2D eigenvalue weighted by atomic mass is 15.3. The highest BCUT2D eigenvalue weighted by molar-refractivity contribution is 5.12. The Kier molecular flexibility index (Phi) is 5.47. The molecule has 2 N–H and O–H groups in total. The van der Waals surface area contributed by atoms with Crippen LogP contribution in [0.2, 0.25) is 0 Å². The van der Waals surface area contributed by atoms with Crippen LogP contribution in [0.15, 0.2) is 36.8 Å². The van der Waals surface area contributed by atoms with Gasteiger partial charge in [0.1, 0.15) is 0 Å². The van der Waals surface area contributed by atoms with Crippen molar-refractivity contribution in [1.29, 1.82) is 0 Å². The van der Waals surface area contributed by atoms with Gasteiger partial charge >= 0.3 is 0 Å². The molecule has 114 valence electrons. The molecule has 0 aliphatic carbocycles. The van der Waals surface area contributed by atoms with Gasteiger partial charge in [-0.3, -0.25) is 14.6 Å². The fourth-order valence-corrected chi connectivity index (χ4v) is 2.37. The maximum Gasteiger partial charge on any atom is 0.0538 e. The molecule has 21 heavy (non-hydrogen) atoms. The second kappa shape index (κ2) is 7.33. The number of nitrogens with two attached hydrogens (primary N) is 1. The minimum Gasteiger partial charge on any atom is -0.329 e. The second-order valence-corrected chi connectivity index (χ2v) is 5.65. The number of aromatic nitrogens is 3. The zero-order valence-electron chi connectivity index (χ0n) is 13.1. The van der Waals surface area contributed by atoms with Crippen molar-refractivity contribution in [2.75, 3.05) is 20.1 Å². The maximum absolute atomic E-state index is 5.97. The topological polar surface area (TPSA) is 60.0 Å². The molecule has 2 aromatic heterocycles. The SMILES string of the molecule is CC(C)n1cc(C(CN)N(C)CCc2ccccn2)cn1. The van der Waals surface area contributed by atoms with Gasteiger partial charge in [-0.1, -0.05) is 6.07 Å². The molecule has 5 heteroatoms. The molecule has 2 aromatic rings. The molecule has 0 aromatic carbocycles. The van der Waals surface area contributed by atoms with Crippen LogP contribution in [0.4, 0.5) is 0 Å². The van der Waals surface area contributed by atoms with Crippen molar-refractivity contribution in [2.24, 2.45) is 5.73 Å². The first-order valence-corrected chi connectivity index (χ1v) is 7.46. The van der Waals surface area contributed by atoms with Gasteiger partial charge in [0.05, 0.1) is 6.20 Å². The number of nitrogens with zero attached hydrogens (tertiary/aromatic N) is 4. The van der Waals surface area contributed by atoms with E-state index in [2.05, 4.69) is 48.1 Å². The van der Waals surface area contributed by atoms with Gasteiger partial charge in [0.15, 0.2) is 0 Å². The highest BCUT2D eigenvalue weighted by Crippen LogP contribution is 2.19. The van der Waals surface area contributed by atoms with E-state index in [0.29, 0.717) is 12.6 Å². The summed E-state index contributed by atoms with van der Waals surface area (Å²) in [7, 11) is 2.10. The molecular formula is C16H25N5. The lowest BCUT2D eigenvalue weighted by molar-refractivity contribution is 0.252. The third-order valence-electron chi connectivity index (χ3n) is 3.74. The van der Waals surface area contributed by atoms with E-state index >= 15 is 0 Å². The number of hydrogen-bond acceptors (Lipinski definition) is 4. The first-order valence-electron chi connectivity index (χ1n) is 7.46. The molecular weight excluding hydrogens is 262 g/mol. The quantitative estimate of drug-likeness (QED) is 0.846. The van der Waals surface area contributed by atoms with Gasteiger partial charge in [-0.05, 0) is 33.0 Å². The Morgan fingerprint density at radius 1 is 1.33 bits per heavy atom. The molecule has 0 aliphatic rings. The number of rotatable bonds is 7. The maximum atomic E-state index is 5.97. The molecule has 1 unspecified atom stereocenters. The number of hydrogen-bond donors (Lipinski definition) is 1. The number of pyridine rings is 1. The molecule has 0 saturated heterocycles. The minimum atomic E-state index is 0.196. The zero-order valence-corrected chi connectivity index (χ0v) is 13.1. The smallest absolute Gasteiger partial charge is 0.0538 e. The lowest BCUT2D eigenvalue weighted by Crippen LogP contribution is -2.32. The van der Waals surface area contributed by atoms with E-state index in [0.717, 1.165) is 18.7 Å². The van der Waals surface area contributed by atoms with Crippen LogP contribution in [-0.4, -0.2) is 39.8 Å². The van der Waals surface area contributed by atoms with Gasteiger partial charge < -0.3 is 5.73 Å². The Hall–Kier alpha value is -1.72. The fourth-order valence-electron chi connectivity index (χ4n) is 2.37. The summed E-state index contributed by atoms with van der Waals surface area (Å²) in [6.07, 6.45) is 6.78. The third-order valence-corrected chi connectivity index (χ3v) is 3.74. The average molecular weight is 287 g/mol. The van der Waals surface area contributed by atoms with Crippen molar-refractivity contribution < 1.29 is 0 Å². The molecule has 2 rings (SSSR count). The minimum absolute atomic E-state index is 0.196. The predicted octanol–water partition coefficient (Wildman–Crippen LogP) is 2.03. The molecule has 0 amide bonds. The van der Waals surface area contributed by atoms with Crippen LogP contribution >= 0.6 is 0 Å². The molecule has 0 saturated carbocycles. The van der Waals surface area contributed by atoms with Crippen molar-refractivity contribution in [3.63, 3.8) is 0 Å². The van der Waals surface area contributed by atoms with Crippen LogP contribution < -0.4 is 5.73 Å². The van der Waals surface area contributed by atoms with Gasteiger partial charge in [0, 0.05) is 55.2 Å². The first kappa shape index (κ1) is 15.7. The van der Waals surface area contributed by atoms with Gasteiger partial charge in [-0.2, -0.15) is 5.10 Å². The molecule has 0 fully saturated rings. The van der Waals surface area contributed by atoms with Crippen molar-refractivity contribution in [1.82, 2.24) is 19.7 Å².